The molecule has 0 saturated carbocycles. The number of aromatic nitrogens is 1. The lowest BCUT2D eigenvalue weighted by atomic mass is 10.0. The topological polar surface area (TPSA) is 88.2 Å². The molecule has 138 valence electrons. The van der Waals surface area contributed by atoms with Gasteiger partial charge in [-0.25, -0.2) is 12.8 Å². The minimum absolute atomic E-state index is 0.242. The minimum Gasteiger partial charge on any atom is -0.273 e. The number of nitrogens with one attached hydrogen (secondary N) is 2. The predicted molar refractivity (Wildman–Crippen MR) is 98.6 cm³/mol. The number of aryl methyl sites for hydroxylation is 1. The van der Waals surface area contributed by atoms with Gasteiger partial charge in [-0.05, 0) is 55.0 Å². The maximum absolute atomic E-state index is 13.7. The number of benzene rings is 2. The zero-order chi connectivity index (χ0) is 19.4. The Hall–Kier alpha value is -3.10. The summed E-state index contributed by atoms with van der Waals surface area (Å²) in [5.41, 5.74) is 4.56. The van der Waals surface area contributed by atoms with Crippen molar-refractivity contribution < 1.29 is 17.6 Å². The van der Waals surface area contributed by atoms with E-state index in [1.54, 1.807) is 30.5 Å². The molecule has 0 atom stereocenters. The first-order chi connectivity index (χ1) is 12.9. The van der Waals surface area contributed by atoms with Crippen LogP contribution in [0, 0.1) is 12.7 Å². The van der Waals surface area contributed by atoms with Crippen molar-refractivity contribution in [3.63, 3.8) is 0 Å². The highest BCUT2D eigenvalue weighted by Crippen LogP contribution is 2.20. The number of halogens is 1. The van der Waals surface area contributed by atoms with Crippen LogP contribution in [-0.4, -0.2) is 19.3 Å². The van der Waals surface area contributed by atoms with E-state index in [2.05, 4.69) is 10.4 Å². The Morgan fingerprint density at radius 2 is 1.78 bits per heavy atom. The molecule has 2 N–H and O–H groups in total. The molecule has 3 rings (SSSR count). The summed E-state index contributed by atoms with van der Waals surface area (Å²) in [6.07, 6.45) is 1.64. The van der Waals surface area contributed by atoms with Crippen LogP contribution >= 0.6 is 0 Å². The number of carbonyl (C=O) groups is 1. The molecule has 8 heteroatoms. The fourth-order valence-corrected chi connectivity index (χ4v) is 3.42. The van der Waals surface area contributed by atoms with Gasteiger partial charge in [0.15, 0.2) is 0 Å². The normalized spacial score (nSPS) is 11.2. The fraction of sp³-hybridized carbons (Fsp3) is 0.0526. The molecule has 0 saturated heterocycles. The van der Waals surface area contributed by atoms with E-state index in [9.17, 15) is 17.6 Å². The maximum Gasteiger partial charge on any atom is 0.266 e. The molecular weight excluding hydrogens is 369 g/mol. The monoisotopic (exact) mass is 385 g/mol. The first-order valence-corrected chi connectivity index (χ1v) is 9.45. The van der Waals surface area contributed by atoms with E-state index in [1.807, 2.05) is 23.9 Å². The van der Waals surface area contributed by atoms with E-state index in [4.69, 9.17) is 0 Å². The number of hydrazine groups is 1. The van der Waals surface area contributed by atoms with Gasteiger partial charge >= 0.3 is 0 Å². The highest BCUT2D eigenvalue weighted by atomic mass is 32.2. The molecule has 1 heterocycles. The van der Waals surface area contributed by atoms with Gasteiger partial charge in [0.1, 0.15) is 10.7 Å². The third-order valence-electron chi connectivity index (χ3n) is 3.73. The van der Waals surface area contributed by atoms with Gasteiger partial charge in [-0.2, -0.15) is 0 Å². The van der Waals surface area contributed by atoms with E-state index in [0.29, 0.717) is 5.69 Å². The summed E-state index contributed by atoms with van der Waals surface area (Å²) in [6, 6.07) is 15.4. The molecule has 0 spiro atoms. The molecule has 0 bridgehead atoms. The van der Waals surface area contributed by atoms with Crippen molar-refractivity contribution >= 4 is 15.9 Å². The maximum atomic E-state index is 13.7. The number of hydrogen-bond donors (Lipinski definition) is 2. The molecular formula is C19H16FN3O3S. The molecule has 2 aromatic carbocycles. The number of carbonyl (C=O) groups excluding carboxylic acids is 1. The lowest BCUT2D eigenvalue weighted by Crippen LogP contribution is -2.41. The van der Waals surface area contributed by atoms with Crippen molar-refractivity contribution in [2.75, 3.05) is 0 Å². The summed E-state index contributed by atoms with van der Waals surface area (Å²) in [7, 11) is -4.24. The Morgan fingerprint density at radius 3 is 2.48 bits per heavy atom. The summed E-state index contributed by atoms with van der Waals surface area (Å²) in [5.74, 6) is -1.58. The number of pyridine rings is 1. The SMILES string of the molecule is Cc1cc(C(=O)NNS(=O)(=O)c2ccccc2F)cc(-c2ccccn2)c1. The van der Waals surface area contributed by atoms with Crippen LogP contribution in [0.3, 0.4) is 0 Å². The average molecular weight is 385 g/mol. The lowest BCUT2D eigenvalue weighted by Gasteiger charge is -2.10. The van der Waals surface area contributed by atoms with Crippen molar-refractivity contribution in [3.8, 4) is 11.3 Å². The third kappa shape index (κ3) is 4.36. The van der Waals surface area contributed by atoms with E-state index in [0.717, 1.165) is 23.3 Å². The van der Waals surface area contributed by atoms with Crippen molar-refractivity contribution in [1.82, 2.24) is 15.2 Å². The van der Waals surface area contributed by atoms with Gasteiger partial charge in [0.05, 0.1) is 5.69 Å². The second-order valence-electron chi connectivity index (χ2n) is 5.79. The van der Waals surface area contributed by atoms with Gasteiger partial charge in [0, 0.05) is 17.3 Å². The van der Waals surface area contributed by atoms with Crippen LogP contribution in [0.2, 0.25) is 0 Å². The molecule has 0 aliphatic carbocycles. The predicted octanol–water partition coefficient (Wildman–Crippen LogP) is 2.82. The Balaban J connectivity index is 1.81. The highest BCUT2D eigenvalue weighted by molar-refractivity contribution is 7.89. The lowest BCUT2D eigenvalue weighted by molar-refractivity contribution is 0.0945. The zero-order valence-corrected chi connectivity index (χ0v) is 15.1. The van der Waals surface area contributed by atoms with Gasteiger partial charge in [-0.1, -0.05) is 18.2 Å². The van der Waals surface area contributed by atoms with Gasteiger partial charge in [-0.3, -0.25) is 15.2 Å². The van der Waals surface area contributed by atoms with Gasteiger partial charge in [0.2, 0.25) is 0 Å². The number of hydrogen-bond acceptors (Lipinski definition) is 4. The summed E-state index contributed by atoms with van der Waals surface area (Å²) >= 11 is 0. The van der Waals surface area contributed by atoms with Crippen molar-refractivity contribution in [2.24, 2.45) is 0 Å². The molecule has 6 nitrogen and oxygen atoms in total. The van der Waals surface area contributed by atoms with Crippen LogP contribution in [0.15, 0.2) is 71.8 Å². The summed E-state index contributed by atoms with van der Waals surface area (Å²) in [6.45, 7) is 1.81. The number of nitrogens with zero attached hydrogens (tertiary/aromatic N) is 1. The Morgan fingerprint density at radius 1 is 1.04 bits per heavy atom. The van der Waals surface area contributed by atoms with E-state index in [-0.39, 0.29) is 5.56 Å². The van der Waals surface area contributed by atoms with Crippen LogP contribution < -0.4 is 10.3 Å². The molecule has 27 heavy (non-hydrogen) atoms. The van der Waals surface area contributed by atoms with Crippen LogP contribution in [0.4, 0.5) is 4.39 Å². The Labute approximate surface area is 156 Å². The molecule has 0 unspecified atom stereocenters. The number of sulfonamides is 1. The van der Waals surface area contributed by atoms with E-state index in [1.165, 1.54) is 12.1 Å². The van der Waals surface area contributed by atoms with Gasteiger partial charge in [0.25, 0.3) is 15.9 Å². The molecule has 1 aromatic heterocycles. The van der Waals surface area contributed by atoms with E-state index < -0.39 is 26.6 Å². The van der Waals surface area contributed by atoms with Crippen LogP contribution in [0.5, 0.6) is 0 Å². The standard InChI is InChI=1S/C19H16FN3O3S/c1-13-10-14(17-7-4-5-9-21-17)12-15(11-13)19(24)22-23-27(25,26)18-8-3-2-6-16(18)20/h2-12,23H,1H3,(H,22,24). The summed E-state index contributed by atoms with van der Waals surface area (Å²) in [4.78, 5) is 18.0. The molecule has 0 radical (unpaired) electrons. The minimum atomic E-state index is -4.24. The largest absolute Gasteiger partial charge is 0.273 e. The van der Waals surface area contributed by atoms with Crippen molar-refractivity contribution in [2.45, 2.75) is 11.8 Å². The average Bonchev–Trinajstić information content (AvgIpc) is 2.66. The zero-order valence-electron chi connectivity index (χ0n) is 14.3. The van der Waals surface area contributed by atoms with Crippen LogP contribution in [0.25, 0.3) is 11.3 Å². The van der Waals surface area contributed by atoms with E-state index >= 15 is 0 Å². The molecule has 0 fully saturated rings. The highest BCUT2D eigenvalue weighted by Gasteiger charge is 2.19. The van der Waals surface area contributed by atoms with Crippen LogP contribution in [0.1, 0.15) is 15.9 Å². The van der Waals surface area contributed by atoms with Gasteiger partial charge < -0.3 is 0 Å². The van der Waals surface area contributed by atoms with Crippen LogP contribution in [-0.2, 0) is 10.0 Å². The van der Waals surface area contributed by atoms with Gasteiger partial charge in [-0.15, -0.1) is 4.83 Å². The first kappa shape index (κ1) is 18.7. The Kier molecular flexibility index (Phi) is 5.29. The molecule has 0 aliphatic heterocycles. The second-order valence-corrected chi connectivity index (χ2v) is 7.44. The first-order valence-electron chi connectivity index (χ1n) is 7.96. The van der Waals surface area contributed by atoms with Crippen molar-refractivity contribution in [3.05, 3.63) is 83.8 Å². The second kappa shape index (κ2) is 7.65. The smallest absolute Gasteiger partial charge is 0.266 e. The van der Waals surface area contributed by atoms with Crippen molar-refractivity contribution in [1.29, 1.82) is 0 Å². The summed E-state index contributed by atoms with van der Waals surface area (Å²) < 4.78 is 38.0. The molecule has 0 aliphatic rings. The number of rotatable bonds is 5. The Bertz CT molecular complexity index is 1090. The molecule has 1 amide bonds. The third-order valence-corrected chi connectivity index (χ3v) is 5.01. The fourth-order valence-electron chi connectivity index (χ4n) is 2.50. The quantitative estimate of drug-likeness (QED) is 0.661. The molecule has 3 aromatic rings. The summed E-state index contributed by atoms with van der Waals surface area (Å²) in [5, 5.41) is 0. The number of amides is 1.